The van der Waals surface area contributed by atoms with E-state index in [4.69, 9.17) is 26.4 Å². The number of aliphatic hydroxyl groups is 1. The molecule has 3 aromatic carbocycles. The van der Waals surface area contributed by atoms with E-state index in [0.29, 0.717) is 35.6 Å². The number of likely N-dealkylation sites (tertiary alicyclic amines) is 1. The van der Waals surface area contributed by atoms with Crippen LogP contribution in [0.25, 0.3) is 10.4 Å². The van der Waals surface area contributed by atoms with Crippen molar-refractivity contribution >= 4 is 63.7 Å². The van der Waals surface area contributed by atoms with Crippen LogP contribution < -0.4 is 29.9 Å². The van der Waals surface area contributed by atoms with Gasteiger partial charge in [0.1, 0.15) is 46.9 Å². The molecule has 3 atom stereocenters. The fourth-order valence-electron chi connectivity index (χ4n) is 8.76. The molecule has 4 heterocycles. The number of benzene rings is 3. The van der Waals surface area contributed by atoms with Gasteiger partial charge in [0.05, 0.1) is 58.0 Å². The molecular weight excluding hydrogens is 1070 g/mol. The number of nitriles is 1. The smallest absolute Gasteiger partial charge is 0.421 e. The zero-order valence-corrected chi connectivity index (χ0v) is 44.5. The zero-order chi connectivity index (χ0) is 57.1. The number of hydrogen-bond acceptors (Lipinski definition) is 13. The molecule has 0 aliphatic carbocycles. The lowest BCUT2D eigenvalue weighted by Crippen LogP contribution is -2.58. The number of aromatic nitrogens is 2. The van der Waals surface area contributed by atoms with E-state index in [9.17, 15) is 55.9 Å². The molecule has 2 saturated heterocycles. The topological polar surface area (TPSA) is 200 Å². The number of thiazole rings is 1. The molecule has 25 heteroatoms. The fourth-order valence-corrected chi connectivity index (χ4v) is 10.1. The number of pyridine rings is 1. The number of aryl methyl sites for hydroxylation is 1. The van der Waals surface area contributed by atoms with Crippen LogP contribution in [0.5, 0.6) is 17.4 Å². The first kappa shape index (κ1) is 58.4. The van der Waals surface area contributed by atoms with Crippen molar-refractivity contribution in [1.82, 2.24) is 25.5 Å². The van der Waals surface area contributed by atoms with Crippen molar-refractivity contribution in [1.29, 1.82) is 5.26 Å². The molecule has 0 bridgehead atoms. The van der Waals surface area contributed by atoms with Crippen LogP contribution in [0.4, 0.5) is 42.1 Å². The highest BCUT2D eigenvalue weighted by atomic mass is 32.1. The largest absolute Gasteiger partial charge is 0.494 e. The Morgan fingerprint density at radius 3 is 2.24 bits per heavy atom. The summed E-state index contributed by atoms with van der Waals surface area (Å²) in [6.45, 7) is 9.74. The van der Waals surface area contributed by atoms with Gasteiger partial charge >= 0.3 is 12.4 Å². The summed E-state index contributed by atoms with van der Waals surface area (Å²) in [5.74, 6) is -5.22. The first-order valence-electron chi connectivity index (χ1n) is 24.2. The summed E-state index contributed by atoms with van der Waals surface area (Å²) in [6.07, 6.45) is -9.54. The number of β-amino-alcohol motifs (C(OH)–C–C–N with tert-alkyl or cyclic N) is 1. The maximum atomic E-state index is 15.5. The number of carbonyl (C=O) groups excluding carboxylic acids is 4. The van der Waals surface area contributed by atoms with Gasteiger partial charge < -0.3 is 39.8 Å². The molecule has 2 fully saturated rings. The highest BCUT2D eigenvalue weighted by Gasteiger charge is 2.53. The molecule has 0 unspecified atom stereocenters. The molecule has 7 rings (SSSR count). The Morgan fingerprint density at radius 1 is 0.962 bits per heavy atom. The Kier molecular flexibility index (Phi) is 17.5. The molecule has 78 heavy (non-hydrogen) atoms. The molecule has 0 spiro atoms. The third-order valence-electron chi connectivity index (χ3n) is 12.8. The van der Waals surface area contributed by atoms with E-state index in [0.717, 1.165) is 38.9 Å². The Balaban J connectivity index is 0.876. The Bertz CT molecular complexity index is 3110. The number of hydrogen-bond donors (Lipinski definition) is 3. The van der Waals surface area contributed by atoms with Gasteiger partial charge in [-0.25, -0.2) is 14.4 Å². The van der Waals surface area contributed by atoms with Crippen molar-refractivity contribution in [2.45, 2.75) is 103 Å². The standard InChI is InChI=1S/C53H53F7N8O8S2/c1-29-43(78-28-64-29)31-11-9-30(10-12-31)24-62-45(71)39-22-34(69)26-66(39)47(72)44(50(2,3)4)65-40(70)27-74-19-7-8-20-75-35-14-16-36(17-15-35)76-46-37(52(55,56)57)21-33(25-63-46)68-49(77)67(48(73)51(68,5)6)38-18-13-32(23-61)41(42(38)54)53(58,59)60/h9-18,21,25,28,34,39,44,69H,7-8,19-20,22,24,26-27H2,1-6H3,(H,62,71)(H,65,70)/t34-,39+,44-/m1/s1. The second kappa shape index (κ2) is 23.4. The number of amides is 4. The van der Waals surface area contributed by atoms with E-state index in [2.05, 4.69) is 20.6 Å². The van der Waals surface area contributed by atoms with Crippen LogP contribution in [0.2, 0.25) is 0 Å². The maximum Gasteiger partial charge on any atom is 0.421 e. The summed E-state index contributed by atoms with van der Waals surface area (Å²) < 4.78 is 117. The van der Waals surface area contributed by atoms with Gasteiger partial charge in [0.25, 0.3) is 5.91 Å². The average molecular weight is 1130 g/mol. The quantitative estimate of drug-likeness (QED) is 0.0427. The number of alkyl halides is 6. The van der Waals surface area contributed by atoms with Crippen molar-refractivity contribution in [3.05, 3.63) is 112 Å². The molecule has 5 aromatic rings. The second-order valence-corrected chi connectivity index (χ2v) is 21.1. The van der Waals surface area contributed by atoms with Gasteiger partial charge in [-0.2, -0.15) is 31.6 Å². The number of nitrogens with zero attached hydrogens (tertiary/aromatic N) is 6. The molecule has 414 valence electrons. The van der Waals surface area contributed by atoms with Crippen LogP contribution in [0, 0.1) is 29.5 Å². The van der Waals surface area contributed by atoms with Gasteiger partial charge in [0.2, 0.25) is 23.6 Å². The lowest BCUT2D eigenvalue weighted by molar-refractivity contribution is -0.144. The number of thiocarbonyl (C=S) groups is 1. The lowest BCUT2D eigenvalue weighted by atomic mass is 9.85. The number of anilines is 2. The molecular formula is C53H53F7N8O8S2. The molecule has 2 aromatic heterocycles. The minimum Gasteiger partial charge on any atom is -0.494 e. The SMILES string of the molecule is Cc1ncsc1-c1ccc(CNC(=O)[C@@H]2C[C@@H](O)CN2C(=O)[C@@H](NC(=O)COCCCCOc2ccc(Oc3ncc(N4C(=S)N(c5ccc(C#N)c(C(F)(F)F)c5F)C(=O)C4(C)C)cc3C(F)(F)F)cc2)C(C)(C)C)cc1. The minimum absolute atomic E-state index is 0.0314. The average Bonchev–Trinajstić information content (AvgIpc) is 4.10. The summed E-state index contributed by atoms with van der Waals surface area (Å²) in [4.78, 5) is 65.9. The monoisotopic (exact) mass is 1130 g/mol. The van der Waals surface area contributed by atoms with Gasteiger partial charge in [-0.15, -0.1) is 11.3 Å². The summed E-state index contributed by atoms with van der Waals surface area (Å²) in [5.41, 5.74) is -3.90. The van der Waals surface area contributed by atoms with Gasteiger partial charge in [0, 0.05) is 26.1 Å². The molecule has 0 saturated carbocycles. The van der Waals surface area contributed by atoms with E-state index in [1.54, 1.807) is 26.3 Å². The predicted molar refractivity (Wildman–Crippen MR) is 276 cm³/mol. The van der Waals surface area contributed by atoms with Crippen molar-refractivity contribution in [3.8, 4) is 33.9 Å². The van der Waals surface area contributed by atoms with Crippen molar-refractivity contribution in [2.24, 2.45) is 5.41 Å². The van der Waals surface area contributed by atoms with E-state index in [1.807, 2.05) is 31.2 Å². The number of rotatable bonds is 18. The predicted octanol–water partition coefficient (Wildman–Crippen LogP) is 9.26. The van der Waals surface area contributed by atoms with Crippen LogP contribution in [0.3, 0.4) is 0 Å². The van der Waals surface area contributed by atoms with E-state index < -0.39 is 110 Å². The summed E-state index contributed by atoms with van der Waals surface area (Å²) in [7, 11) is 0. The zero-order valence-electron chi connectivity index (χ0n) is 42.8. The number of carbonyl (C=O) groups is 4. The van der Waals surface area contributed by atoms with Crippen LogP contribution in [-0.4, -0.2) is 98.8 Å². The van der Waals surface area contributed by atoms with Crippen molar-refractivity contribution < 1.29 is 69.2 Å². The summed E-state index contributed by atoms with van der Waals surface area (Å²) in [5, 5.41) is 24.7. The van der Waals surface area contributed by atoms with Crippen LogP contribution in [0.1, 0.15) is 81.8 Å². The Hall–Kier alpha value is -7.27. The first-order chi connectivity index (χ1) is 36.6. The van der Waals surface area contributed by atoms with Crippen molar-refractivity contribution in [3.63, 3.8) is 0 Å². The van der Waals surface area contributed by atoms with Crippen LogP contribution >= 0.6 is 23.6 Å². The number of nitrogens with one attached hydrogen (secondary N) is 2. The van der Waals surface area contributed by atoms with Gasteiger partial charge in [0.15, 0.2) is 10.9 Å². The second-order valence-electron chi connectivity index (χ2n) is 19.9. The molecule has 16 nitrogen and oxygen atoms in total. The minimum atomic E-state index is -5.34. The number of unbranched alkanes of at least 4 members (excludes halogenated alkanes) is 1. The highest BCUT2D eigenvalue weighted by molar-refractivity contribution is 7.81. The van der Waals surface area contributed by atoms with Gasteiger partial charge in [-0.05, 0) is 105 Å². The highest BCUT2D eigenvalue weighted by Crippen LogP contribution is 2.45. The fraction of sp³-hybridized carbons (Fsp3) is 0.396. The Morgan fingerprint density at radius 2 is 1.63 bits per heavy atom. The Labute approximate surface area is 453 Å². The number of ether oxygens (including phenoxy) is 3. The first-order valence-corrected chi connectivity index (χ1v) is 25.5. The van der Waals surface area contributed by atoms with Gasteiger partial charge in [-0.1, -0.05) is 45.0 Å². The third-order valence-corrected chi connectivity index (χ3v) is 14.1. The van der Waals surface area contributed by atoms with E-state index in [1.165, 1.54) is 60.4 Å². The molecule has 2 aliphatic heterocycles. The molecule has 4 amide bonds. The van der Waals surface area contributed by atoms with Crippen LogP contribution in [-0.2, 0) is 42.8 Å². The summed E-state index contributed by atoms with van der Waals surface area (Å²) in [6, 6.07) is 14.4. The van der Waals surface area contributed by atoms with E-state index >= 15 is 4.39 Å². The molecule has 0 radical (unpaired) electrons. The molecule has 2 aliphatic rings. The maximum absolute atomic E-state index is 15.5. The normalized spacial score (nSPS) is 17.0. The van der Waals surface area contributed by atoms with Crippen LogP contribution in [0.15, 0.2) is 78.4 Å². The van der Waals surface area contributed by atoms with Crippen molar-refractivity contribution in [2.75, 3.05) is 36.2 Å². The van der Waals surface area contributed by atoms with Gasteiger partial charge in [-0.3, -0.25) is 24.1 Å². The number of aliphatic hydroxyl groups excluding tert-OH is 1. The third kappa shape index (κ3) is 13.0. The summed E-state index contributed by atoms with van der Waals surface area (Å²) >= 11 is 6.90. The lowest BCUT2D eigenvalue weighted by Gasteiger charge is -2.35. The van der Waals surface area contributed by atoms with E-state index in [-0.39, 0.29) is 45.1 Å². The number of halogens is 7. The molecule has 3 N–H and O–H groups in total.